The van der Waals surface area contributed by atoms with E-state index in [1.165, 1.54) is 17.1 Å². The average molecular weight is 340 g/mol. The van der Waals surface area contributed by atoms with Gasteiger partial charge in [0.15, 0.2) is 0 Å². The molecule has 9 heteroatoms. The van der Waals surface area contributed by atoms with E-state index in [9.17, 15) is 8.42 Å². The molecule has 2 saturated heterocycles. The number of hydrogen-bond donors (Lipinski definition) is 2. The molecule has 2 aliphatic rings. The summed E-state index contributed by atoms with van der Waals surface area (Å²) in [4.78, 5) is 10.7. The first-order chi connectivity index (χ1) is 11.1. The molecular formula is C14H24N6O2S. The predicted molar refractivity (Wildman–Crippen MR) is 89.7 cm³/mol. The van der Waals surface area contributed by atoms with Crippen molar-refractivity contribution < 1.29 is 8.42 Å². The van der Waals surface area contributed by atoms with Gasteiger partial charge in [0.05, 0.1) is 0 Å². The maximum Gasteiger partial charge on any atom is 0.279 e. The first-order valence-corrected chi connectivity index (χ1v) is 9.65. The predicted octanol–water partition coefficient (Wildman–Crippen LogP) is 0.419. The highest BCUT2D eigenvalue weighted by Gasteiger charge is 2.24. The van der Waals surface area contributed by atoms with Crippen LogP contribution in [0.25, 0.3) is 0 Å². The molecule has 1 aromatic rings. The molecule has 2 fully saturated rings. The van der Waals surface area contributed by atoms with Crippen LogP contribution in [-0.2, 0) is 10.2 Å². The van der Waals surface area contributed by atoms with E-state index >= 15 is 0 Å². The molecule has 0 aliphatic carbocycles. The van der Waals surface area contributed by atoms with E-state index in [-0.39, 0.29) is 0 Å². The van der Waals surface area contributed by atoms with Crippen LogP contribution >= 0.6 is 0 Å². The third-order valence-corrected chi connectivity index (χ3v) is 5.82. The quantitative estimate of drug-likeness (QED) is 0.699. The number of hydrogen-bond acceptors (Lipinski definition) is 6. The van der Waals surface area contributed by atoms with Gasteiger partial charge in [-0.25, -0.2) is 14.7 Å². The smallest absolute Gasteiger partial charge is 0.279 e. The van der Waals surface area contributed by atoms with Crippen LogP contribution in [0.2, 0.25) is 0 Å². The molecular weight excluding hydrogens is 316 g/mol. The Balaban J connectivity index is 1.46. The lowest BCUT2D eigenvalue weighted by atomic mass is 10.4. The van der Waals surface area contributed by atoms with E-state index in [2.05, 4.69) is 24.9 Å². The van der Waals surface area contributed by atoms with E-state index in [1.54, 1.807) is 6.33 Å². The summed E-state index contributed by atoms with van der Waals surface area (Å²) in [6.07, 6.45) is 5.83. The molecule has 0 saturated carbocycles. The van der Waals surface area contributed by atoms with Crippen molar-refractivity contribution in [1.29, 1.82) is 0 Å². The number of nitrogens with zero attached hydrogens (tertiary/aromatic N) is 4. The minimum Gasteiger partial charge on any atom is -0.369 e. The lowest BCUT2D eigenvalue weighted by Crippen LogP contribution is -2.40. The van der Waals surface area contributed by atoms with Crippen molar-refractivity contribution in [3.05, 3.63) is 12.4 Å². The Morgan fingerprint density at radius 2 is 1.70 bits per heavy atom. The van der Waals surface area contributed by atoms with Crippen molar-refractivity contribution in [1.82, 2.24) is 19.0 Å². The Labute approximate surface area is 137 Å². The van der Waals surface area contributed by atoms with Crippen molar-refractivity contribution in [3.63, 3.8) is 0 Å². The Morgan fingerprint density at radius 3 is 2.43 bits per heavy atom. The largest absolute Gasteiger partial charge is 0.369 e. The highest BCUT2D eigenvalue weighted by molar-refractivity contribution is 7.87. The maximum absolute atomic E-state index is 12.0. The fourth-order valence-corrected chi connectivity index (χ4v) is 4.23. The van der Waals surface area contributed by atoms with Crippen LogP contribution in [0.4, 0.5) is 11.6 Å². The molecule has 0 radical (unpaired) electrons. The van der Waals surface area contributed by atoms with Gasteiger partial charge >= 0.3 is 0 Å². The van der Waals surface area contributed by atoms with Crippen molar-refractivity contribution in [2.24, 2.45) is 0 Å². The summed E-state index contributed by atoms with van der Waals surface area (Å²) in [5, 5.41) is 3.15. The molecule has 0 aromatic carbocycles. The van der Waals surface area contributed by atoms with Gasteiger partial charge in [-0.15, -0.1) is 0 Å². The number of aromatic nitrogens is 2. The van der Waals surface area contributed by atoms with E-state index in [1.807, 2.05) is 6.07 Å². The summed E-state index contributed by atoms with van der Waals surface area (Å²) in [6.45, 7) is 4.13. The molecule has 8 nitrogen and oxygen atoms in total. The van der Waals surface area contributed by atoms with Gasteiger partial charge in [-0.3, -0.25) is 0 Å². The molecule has 1 aromatic heterocycles. The van der Waals surface area contributed by atoms with Gasteiger partial charge in [-0.1, -0.05) is 0 Å². The van der Waals surface area contributed by atoms with Crippen molar-refractivity contribution in [3.8, 4) is 0 Å². The zero-order valence-corrected chi connectivity index (χ0v) is 14.1. The maximum atomic E-state index is 12.0. The Bertz CT molecular complexity index is 611. The van der Waals surface area contributed by atoms with Crippen molar-refractivity contribution in [2.45, 2.75) is 25.7 Å². The summed E-state index contributed by atoms with van der Waals surface area (Å²) in [5.41, 5.74) is 0. The van der Waals surface area contributed by atoms with Gasteiger partial charge in [0.25, 0.3) is 10.2 Å². The molecule has 0 unspecified atom stereocenters. The fraction of sp³-hybridized carbons (Fsp3) is 0.714. The van der Waals surface area contributed by atoms with Gasteiger partial charge in [-0.05, 0) is 25.7 Å². The standard InChI is InChI=1S/C14H24N6O2S/c21-23(22,20-9-3-4-10-20)18-6-5-15-13-11-14(17-12-16-13)19-7-1-2-8-19/h11-12,18H,1-10H2,(H,15,16,17). The molecule has 128 valence electrons. The molecule has 0 amide bonds. The first-order valence-electron chi connectivity index (χ1n) is 8.21. The monoisotopic (exact) mass is 340 g/mol. The van der Waals surface area contributed by atoms with Crippen LogP contribution in [0.15, 0.2) is 12.4 Å². The molecule has 3 rings (SSSR count). The Morgan fingerprint density at radius 1 is 1.00 bits per heavy atom. The van der Waals surface area contributed by atoms with Crippen LogP contribution in [0.5, 0.6) is 0 Å². The third kappa shape index (κ3) is 4.30. The van der Waals surface area contributed by atoms with Gasteiger partial charge in [0.1, 0.15) is 18.0 Å². The van der Waals surface area contributed by atoms with Crippen LogP contribution in [0.1, 0.15) is 25.7 Å². The van der Waals surface area contributed by atoms with Gasteiger partial charge < -0.3 is 10.2 Å². The second kappa shape index (κ2) is 7.41. The molecule has 0 bridgehead atoms. The van der Waals surface area contributed by atoms with Gasteiger partial charge in [0, 0.05) is 45.3 Å². The van der Waals surface area contributed by atoms with Crippen LogP contribution in [0, 0.1) is 0 Å². The zero-order valence-electron chi connectivity index (χ0n) is 13.2. The molecule has 2 N–H and O–H groups in total. The van der Waals surface area contributed by atoms with E-state index < -0.39 is 10.2 Å². The normalized spacial score (nSPS) is 19.4. The lowest BCUT2D eigenvalue weighted by Gasteiger charge is -2.17. The first kappa shape index (κ1) is 16.4. The highest BCUT2D eigenvalue weighted by atomic mass is 32.2. The summed E-state index contributed by atoms with van der Waals surface area (Å²) in [7, 11) is -3.33. The second-order valence-electron chi connectivity index (χ2n) is 5.89. The topological polar surface area (TPSA) is 90.5 Å². The molecule has 23 heavy (non-hydrogen) atoms. The third-order valence-electron chi connectivity index (χ3n) is 4.20. The molecule has 2 aliphatic heterocycles. The van der Waals surface area contributed by atoms with E-state index in [4.69, 9.17) is 0 Å². The van der Waals surface area contributed by atoms with Crippen LogP contribution in [0.3, 0.4) is 0 Å². The number of rotatable bonds is 7. The zero-order chi connectivity index (χ0) is 16.1. The van der Waals surface area contributed by atoms with Crippen LogP contribution in [-0.4, -0.2) is 62.0 Å². The van der Waals surface area contributed by atoms with Gasteiger partial charge in [-0.2, -0.15) is 12.7 Å². The minimum atomic E-state index is -3.33. The van der Waals surface area contributed by atoms with Gasteiger partial charge in [0.2, 0.25) is 0 Å². The Hall–Kier alpha value is -1.45. The summed E-state index contributed by atoms with van der Waals surface area (Å²) in [6, 6.07) is 1.92. The van der Waals surface area contributed by atoms with Crippen molar-refractivity contribution >= 4 is 21.8 Å². The summed E-state index contributed by atoms with van der Waals surface area (Å²) in [5.74, 6) is 1.65. The highest BCUT2D eigenvalue weighted by Crippen LogP contribution is 2.19. The molecule has 3 heterocycles. The average Bonchev–Trinajstić information content (AvgIpc) is 3.25. The lowest BCUT2D eigenvalue weighted by molar-refractivity contribution is 0.466. The number of anilines is 2. The molecule has 0 atom stereocenters. The molecule has 0 spiro atoms. The summed E-state index contributed by atoms with van der Waals surface area (Å²) < 4.78 is 28.2. The second-order valence-corrected chi connectivity index (χ2v) is 7.64. The minimum absolute atomic E-state index is 0.335. The van der Waals surface area contributed by atoms with E-state index in [0.29, 0.717) is 26.2 Å². The summed E-state index contributed by atoms with van der Waals surface area (Å²) >= 11 is 0. The Kier molecular flexibility index (Phi) is 5.29. The van der Waals surface area contributed by atoms with E-state index in [0.717, 1.165) is 37.6 Å². The van der Waals surface area contributed by atoms with Crippen molar-refractivity contribution in [2.75, 3.05) is 49.5 Å². The number of nitrogens with one attached hydrogen (secondary N) is 2. The SMILES string of the molecule is O=S(=O)(NCCNc1cc(N2CCCC2)ncn1)N1CCCC1. The van der Waals surface area contributed by atoms with Crippen LogP contribution < -0.4 is 14.9 Å². The fourth-order valence-electron chi connectivity index (χ4n) is 2.95.